The van der Waals surface area contributed by atoms with E-state index in [1.54, 1.807) is 0 Å². The maximum absolute atomic E-state index is 13.0. The van der Waals surface area contributed by atoms with Gasteiger partial charge in [-0.3, -0.25) is 0 Å². The molecule has 1 aromatic carbocycles. The highest BCUT2D eigenvalue weighted by Crippen LogP contribution is 2.16. The van der Waals surface area contributed by atoms with Crippen molar-refractivity contribution >= 4 is 10.0 Å². The van der Waals surface area contributed by atoms with Crippen LogP contribution in [0.25, 0.3) is 0 Å². The zero-order chi connectivity index (χ0) is 12.9. The standard InChI is InChI=1S/C11H14FNO3S/c1-2-6-13(7-8-14)17(15,16)11-5-3-4-10(12)9-11/h2-5,9,14H,1,6-8H2. The molecule has 0 saturated carbocycles. The first-order chi connectivity index (χ1) is 8.02. The molecule has 0 unspecified atom stereocenters. The average Bonchev–Trinajstić information content (AvgIpc) is 2.29. The van der Waals surface area contributed by atoms with Gasteiger partial charge in [-0.1, -0.05) is 12.1 Å². The lowest BCUT2D eigenvalue weighted by Gasteiger charge is -2.19. The maximum Gasteiger partial charge on any atom is 0.243 e. The van der Waals surface area contributed by atoms with Gasteiger partial charge in [0.2, 0.25) is 10.0 Å². The Balaban J connectivity index is 3.11. The third kappa shape index (κ3) is 3.36. The van der Waals surface area contributed by atoms with Crippen molar-refractivity contribution in [3.8, 4) is 0 Å². The van der Waals surface area contributed by atoms with E-state index in [0.717, 1.165) is 10.4 Å². The lowest BCUT2D eigenvalue weighted by Crippen LogP contribution is -2.33. The molecular weight excluding hydrogens is 245 g/mol. The topological polar surface area (TPSA) is 57.6 Å². The van der Waals surface area contributed by atoms with Gasteiger partial charge < -0.3 is 5.11 Å². The van der Waals surface area contributed by atoms with Crippen LogP contribution < -0.4 is 0 Å². The predicted molar refractivity (Wildman–Crippen MR) is 62.4 cm³/mol. The molecule has 0 aliphatic heterocycles. The highest BCUT2D eigenvalue weighted by molar-refractivity contribution is 7.89. The minimum absolute atomic E-state index is 0.0507. The summed E-state index contributed by atoms with van der Waals surface area (Å²) >= 11 is 0. The number of hydrogen-bond acceptors (Lipinski definition) is 3. The van der Waals surface area contributed by atoms with E-state index in [1.165, 1.54) is 24.3 Å². The smallest absolute Gasteiger partial charge is 0.243 e. The molecule has 0 aliphatic rings. The van der Waals surface area contributed by atoms with Gasteiger partial charge in [-0.2, -0.15) is 4.31 Å². The maximum atomic E-state index is 13.0. The van der Waals surface area contributed by atoms with Gasteiger partial charge >= 0.3 is 0 Å². The third-order valence-corrected chi connectivity index (χ3v) is 3.98. The molecule has 0 heterocycles. The molecule has 0 saturated heterocycles. The van der Waals surface area contributed by atoms with Crippen LogP contribution >= 0.6 is 0 Å². The number of nitrogens with zero attached hydrogens (tertiary/aromatic N) is 1. The van der Waals surface area contributed by atoms with Gasteiger partial charge in [0.15, 0.2) is 0 Å². The second kappa shape index (κ2) is 5.90. The van der Waals surface area contributed by atoms with Crippen molar-refractivity contribution < 1.29 is 17.9 Å². The van der Waals surface area contributed by atoms with Crippen LogP contribution in [0, 0.1) is 5.82 Å². The van der Waals surface area contributed by atoms with Gasteiger partial charge in [-0.25, -0.2) is 12.8 Å². The fourth-order valence-electron chi connectivity index (χ4n) is 1.34. The molecule has 6 heteroatoms. The SMILES string of the molecule is C=CCN(CCO)S(=O)(=O)c1cccc(F)c1. The van der Waals surface area contributed by atoms with Crippen LogP contribution in [0.5, 0.6) is 0 Å². The zero-order valence-corrected chi connectivity index (χ0v) is 10.0. The third-order valence-electron chi connectivity index (χ3n) is 2.12. The fourth-order valence-corrected chi connectivity index (χ4v) is 2.78. The molecule has 4 nitrogen and oxygen atoms in total. The molecule has 0 bridgehead atoms. The Bertz CT molecular complexity index is 487. The summed E-state index contributed by atoms with van der Waals surface area (Å²) in [5.74, 6) is -0.617. The predicted octanol–water partition coefficient (Wildman–Crippen LogP) is 0.995. The Kier molecular flexibility index (Phi) is 4.80. The van der Waals surface area contributed by atoms with E-state index < -0.39 is 15.8 Å². The Morgan fingerprint density at radius 2 is 2.18 bits per heavy atom. The zero-order valence-electron chi connectivity index (χ0n) is 9.21. The van der Waals surface area contributed by atoms with Crippen LogP contribution in [0.2, 0.25) is 0 Å². The van der Waals surface area contributed by atoms with Crippen molar-refractivity contribution in [1.82, 2.24) is 4.31 Å². The van der Waals surface area contributed by atoms with Crippen molar-refractivity contribution in [2.45, 2.75) is 4.90 Å². The van der Waals surface area contributed by atoms with Gasteiger partial charge in [-0.05, 0) is 18.2 Å². The van der Waals surface area contributed by atoms with Gasteiger partial charge in [-0.15, -0.1) is 6.58 Å². The van der Waals surface area contributed by atoms with Crippen LogP contribution in [0.15, 0.2) is 41.8 Å². The van der Waals surface area contributed by atoms with Crippen LogP contribution in [-0.4, -0.2) is 37.5 Å². The highest BCUT2D eigenvalue weighted by Gasteiger charge is 2.23. The van der Waals surface area contributed by atoms with Crippen molar-refractivity contribution in [3.63, 3.8) is 0 Å². The van der Waals surface area contributed by atoms with E-state index in [4.69, 9.17) is 5.11 Å². The van der Waals surface area contributed by atoms with Gasteiger partial charge in [0.05, 0.1) is 11.5 Å². The van der Waals surface area contributed by atoms with Gasteiger partial charge in [0.25, 0.3) is 0 Å². The molecule has 0 atom stereocenters. The molecule has 17 heavy (non-hydrogen) atoms. The van der Waals surface area contributed by atoms with E-state index in [1.807, 2.05) is 0 Å². The lowest BCUT2D eigenvalue weighted by atomic mass is 10.4. The summed E-state index contributed by atoms with van der Waals surface area (Å²) in [4.78, 5) is -0.132. The van der Waals surface area contributed by atoms with E-state index in [-0.39, 0.29) is 24.6 Å². The first kappa shape index (κ1) is 13.8. The summed E-state index contributed by atoms with van der Waals surface area (Å²) in [6, 6.07) is 4.75. The van der Waals surface area contributed by atoms with Crippen LogP contribution in [0.1, 0.15) is 0 Å². The quantitative estimate of drug-likeness (QED) is 0.775. The largest absolute Gasteiger partial charge is 0.395 e. The molecule has 1 rings (SSSR count). The summed E-state index contributed by atoms with van der Waals surface area (Å²) < 4.78 is 38.1. The molecular formula is C11H14FNO3S. The molecule has 1 aromatic rings. The minimum atomic E-state index is -3.79. The van der Waals surface area contributed by atoms with Crippen LogP contribution in [0.3, 0.4) is 0 Å². The molecule has 0 aromatic heterocycles. The minimum Gasteiger partial charge on any atom is -0.395 e. The van der Waals surface area contributed by atoms with Gasteiger partial charge in [0.1, 0.15) is 5.82 Å². The molecule has 1 N–H and O–H groups in total. The van der Waals surface area contributed by atoms with Gasteiger partial charge in [0, 0.05) is 13.1 Å². The molecule has 0 amide bonds. The summed E-state index contributed by atoms with van der Waals surface area (Å²) in [5.41, 5.74) is 0. The number of aliphatic hydroxyl groups is 1. The summed E-state index contributed by atoms with van der Waals surface area (Å²) in [7, 11) is -3.79. The second-order valence-electron chi connectivity index (χ2n) is 3.33. The molecule has 0 fully saturated rings. The number of aliphatic hydroxyl groups excluding tert-OH is 1. The second-order valence-corrected chi connectivity index (χ2v) is 5.27. The number of benzene rings is 1. The molecule has 0 aliphatic carbocycles. The molecule has 0 radical (unpaired) electrons. The highest BCUT2D eigenvalue weighted by atomic mass is 32.2. The first-order valence-electron chi connectivity index (χ1n) is 5.00. The van der Waals surface area contributed by atoms with E-state index in [2.05, 4.69) is 6.58 Å². The van der Waals surface area contributed by atoms with Crippen molar-refractivity contribution in [1.29, 1.82) is 0 Å². The Morgan fingerprint density at radius 3 is 2.71 bits per heavy atom. The average molecular weight is 259 g/mol. The van der Waals surface area contributed by atoms with E-state index in [0.29, 0.717) is 0 Å². The fraction of sp³-hybridized carbons (Fsp3) is 0.273. The number of halogens is 1. The van der Waals surface area contributed by atoms with Crippen molar-refractivity contribution in [3.05, 3.63) is 42.7 Å². The number of rotatable bonds is 6. The summed E-state index contributed by atoms with van der Waals surface area (Å²) in [5, 5.41) is 8.81. The normalized spacial score (nSPS) is 11.7. The van der Waals surface area contributed by atoms with Crippen molar-refractivity contribution in [2.75, 3.05) is 19.7 Å². The Hall–Kier alpha value is -1.24. The molecule has 0 spiro atoms. The van der Waals surface area contributed by atoms with E-state index >= 15 is 0 Å². The summed E-state index contributed by atoms with van der Waals surface area (Å²) in [6.45, 7) is 3.16. The number of hydrogen-bond donors (Lipinski definition) is 1. The lowest BCUT2D eigenvalue weighted by molar-refractivity contribution is 0.260. The van der Waals surface area contributed by atoms with Crippen molar-refractivity contribution in [2.24, 2.45) is 0 Å². The first-order valence-corrected chi connectivity index (χ1v) is 6.44. The van der Waals surface area contributed by atoms with E-state index in [9.17, 15) is 12.8 Å². The Labute approximate surface area is 100 Å². The monoisotopic (exact) mass is 259 g/mol. The Morgan fingerprint density at radius 1 is 1.47 bits per heavy atom. The number of sulfonamides is 1. The van der Waals surface area contributed by atoms with Crippen LogP contribution in [-0.2, 0) is 10.0 Å². The molecule has 94 valence electrons. The summed E-state index contributed by atoms with van der Waals surface area (Å²) in [6.07, 6.45) is 1.41. The van der Waals surface area contributed by atoms with Crippen LogP contribution in [0.4, 0.5) is 4.39 Å².